The van der Waals surface area contributed by atoms with E-state index in [4.69, 9.17) is 23.1 Å². The molecule has 0 aliphatic carbocycles. The van der Waals surface area contributed by atoms with Gasteiger partial charge in [-0.1, -0.05) is 23.7 Å². The van der Waals surface area contributed by atoms with Crippen molar-refractivity contribution >= 4 is 34.6 Å². The summed E-state index contributed by atoms with van der Waals surface area (Å²) in [6.45, 7) is 2.04. The van der Waals surface area contributed by atoms with Crippen LogP contribution in [0.15, 0.2) is 46.6 Å². The molecule has 2 aromatic rings. The van der Waals surface area contributed by atoms with Gasteiger partial charge < -0.3 is 11.5 Å². The highest BCUT2D eigenvalue weighted by molar-refractivity contribution is 7.14. The molecule has 1 heterocycles. The molecule has 0 amide bonds. The van der Waals surface area contributed by atoms with Gasteiger partial charge in [0.1, 0.15) is 5.71 Å². The molecule has 1 aromatic carbocycles. The van der Waals surface area contributed by atoms with E-state index in [0.29, 0.717) is 5.02 Å². The van der Waals surface area contributed by atoms with E-state index < -0.39 is 0 Å². The minimum Gasteiger partial charge on any atom is -0.369 e. The van der Waals surface area contributed by atoms with Crippen LogP contribution in [0.2, 0.25) is 5.02 Å². The van der Waals surface area contributed by atoms with Crippen molar-refractivity contribution in [3.63, 3.8) is 0 Å². The fourth-order valence-electron chi connectivity index (χ4n) is 1.53. The molecule has 6 heteroatoms. The molecule has 0 unspecified atom stereocenters. The number of benzene rings is 1. The fourth-order valence-corrected chi connectivity index (χ4v) is 2.53. The van der Waals surface area contributed by atoms with Gasteiger partial charge in [-0.25, -0.2) is 0 Å². The van der Waals surface area contributed by atoms with Crippen LogP contribution in [-0.2, 0) is 0 Å². The zero-order chi connectivity index (χ0) is 13.8. The van der Waals surface area contributed by atoms with Gasteiger partial charge in [0.15, 0.2) is 0 Å². The Morgan fingerprint density at radius 1 is 1.05 bits per heavy atom. The summed E-state index contributed by atoms with van der Waals surface area (Å²) in [7, 11) is 0. The lowest BCUT2D eigenvalue weighted by Gasteiger charge is -2.03. The van der Waals surface area contributed by atoms with Gasteiger partial charge in [-0.15, -0.1) is 21.5 Å². The summed E-state index contributed by atoms with van der Waals surface area (Å²) in [5.41, 5.74) is 12.3. The first-order valence-corrected chi connectivity index (χ1v) is 6.75. The van der Waals surface area contributed by atoms with Gasteiger partial charge in [-0.2, -0.15) is 0 Å². The van der Waals surface area contributed by atoms with Crippen LogP contribution in [0.1, 0.15) is 15.3 Å². The summed E-state index contributed by atoms with van der Waals surface area (Å²) in [5, 5.41) is 8.55. The zero-order valence-electron chi connectivity index (χ0n) is 10.3. The van der Waals surface area contributed by atoms with Crippen molar-refractivity contribution in [2.24, 2.45) is 21.7 Å². The van der Waals surface area contributed by atoms with Gasteiger partial charge in [-0.3, -0.25) is 0 Å². The Morgan fingerprint density at radius 2 is 1.74 bits per heavy atom. The van der Waals surface area contributed by atoms with Crippen LogP contribution in [0.5, 0.6) is 0 Å². The first-order chi connectivity index (χ1) is 9.06. The normalized spacial score (nSPS) is 11.4. The van der Waals surface area contributed by atoms with Crippen molar-refractivity contribution in [3.8, 4) is 0 Å². The van der Waals surface area contributed by atoms with Gasteiger partial charge in [0.25, 0.3) is 0 Å². The van der Waals surface area contributed by atoms with Crippen LogP contribution in [-0.4, -0.2) is 11.7 Å². The first-order valence-electron chi connectivity index (χ1n) is 5.55. The summed E-state index contributed by atoms with van der Waals surface area (Å²) in [4.78, 5) is 2.20. The van der Waals surface area contributed by atoms with E-state index in [0.717, 1.165) is 16.2 Å². The smallest absolute Gasteiger partial charge is 0.211 e. The minimum atomic E-state index is -0.0697. The molecule has 0 bridgehead atoms. The highest BCUT2D eigenvalue weighted by atomic mass is 35.5. The van der Waals surface area contributed by atoms with Gasteiger partial charge in [-0.05, 0) is 31.2 Å². The molecule has 0 atom stereocenters. The van der Waals surface area contributed by atoms with Crippen molar-refractivity contribution in [2.75, 3.05) is 0 Å². The van der Waals surface area contributed by atoms with Crippen LogP contribution < -0.4 is 11.5 Å². The molecule has 98 valence electrons. The van der Waals surface area contributed by atoms with Crippen molar-refractivity contribution in [1.82, 2.24) is 0 Å². The Kier molecular flexibility index (Phi) is 4.19. The number of nitrogens with zero attached hydrogens (tertiary/aromatic N) is 2. The Balaban J connectivity index is 2.48. The zero-order valence-corrected chi connectivity index (χ0v) is 11.9. The molecule has 0 saturated carbocycles. The topological polar surface area (TPSA) is 76.8 Å². The van der Waals surface area contributed by atoms with Crippen molar-refractivity contribution in [3.05, 3.63) is 56.7 Å². The lowest BCUT2D eigenvalue weighted by atomic mass is 10.1. The fraction of sp³-hybridized carbons (Fsp3) is 0.0769. The predicted molar refractivity (Wildman–Crippen MR) is 82.0 cm³/mol. The third-order valence-corrected chi connectivity index (χ3v) is 3.62. The third-order valence-electron chi connectivity index (χ3n) is 2.36. The number of hydrogen-bond acceptors (Lipinski definition) is 3. The van der Waals surface area contributed by atoms with Crippen LogP contribution in [0.4, 0.5) is 0 Å². The van der Waals surface area contributed by atoms with E-state index in [1.165, 1.54) is 4.88 Å². The molecule has 0 spiro atoms. The van der Waals surface area contributed by atoms with Crippen molar-refractivity contribution in [2.45, 2.75) is 6.92 Å². The molecule has 0 aliphatic rings. The van der Waals surface area contributed by atoms with E-state index in [9.17, 15) is 0 Å². The Bertz CT molecular complexity index is 624. The molecule has 0 fully saturated rings. The van der Waals surface area contributed by atoms with Crippen LogP contribution >= 0.6 is 22.9 Å². The lowest BCUT2D eigenvalue weighted by Crippen LogP contribution is -2.22. The van der Waals surface area contributed by atoms with Gasteiger partial charge in [0.2, 0.25) is 5.96 Å². The Labute approximate surface area is 120 Å². The highest BCUT2D eigenvalue weighted by Crippen LogP contribution is 2.21. The molecule has 0 aliphatic heterocycles. The van der Waals surface area contributed by atoms with Crippen LogP contribution in [0.25, 0.3) is 0 Å². The second-order valence-corrected chi connectivity index (χ2v) is 5.61. The molecule has 2 rings (SSSR count). The molecule has 4 nitrogen and oxygen atoms in total. The van der Waals surface area contributed by atoms with E-state index in [-0.39, 0.29) is 5.96 Å². The maximum absolute atomic E-state index is 5.89. The molecule has 1 aromatic heterocycles. The Morgan fingerprint density at radius 3 is 2.26 bits per heavy atom. The minimum absolute atomic E-state index is 0.0697. The molecule has 19 heavy (non-hydrogen) atoms. The number of halogens is 1. The van der Waals surface area contributed by atoms with E-state index in [1.807, 2.05) is 43.3 Å². The molecular formula is C13H13ClN4S. The SMILES string of the molecule is Cc1ccc(/C(=N/N=C(N)N)c2ccc(Cl)cc2)s1. The number of hydrogen-bond donors (Lipinski definition) is 2. The monoisotopic (exact) mass is 292 g/mol. The highest BCUT2D eigenvalue weighted by Gasteiger charge is 2.09. The second kappa shape index (κ2) is 5.86. The Hall–Kier alpha value is -1.85. The van der Waals surface area contributed by atoms with Gasteiger partial charge in [0, 0.05) is 15.5 Å². The maximum atomic E-state index is 5.89. The molecule has 4 N–H and O–H groups in total. The average Bonchev–Trinajstić information content (AvgIpc) is 2.78. The van der Waals surface area contributed by atoms with Crippen molar-refractivity contribution in [1.29, 1.82) is 0 Å². The van der Waals surface area contributed by atoms with Gasteiger partial charge >= 0.3 is 0 Å². The van der Waals surface area contributed by atoms with E-state index >= 15 is 0 Å². The van der Waals surface area contributed by atoms with Gasteiger partial charge in [0.05, 0.1) is 4.88 Å². The average molecular weight is 293 g/mol. The summed E-state index contributed by atoms with van der Waals surface area (Å²) in [6.07, 6.45) is 0. The van der Waals surface area contributed by atoms with Crippen LogP contribution in [0, 0.1) is 6.92 Å². The number of thiophene rings is 1. The van der Waals surface area contributed by atoms with Crippen molar-refractivity contribution < 1.29 is 0 Å². The molecular weight excluding hydrogens is 280 g/mol. The largest absolute Gasteiger partial charge is 0.369 e. The molecule has 0 radical (unpaired) electrons. The summed E-state index contributed by atoms with van der Waals surface area (Å²) < 4.78 is 0. The number of nitrogens with two attached hydrogens (primary N) is 2. The third kappa shape index (κ3) is 3.56. The lowest BCUT2D eigenvalue weighted by molar-refractivity contribution is 1.20. The van der Waals surface area contributed by atoms with E-state index in [2.05, 4.69) is 10.2 Å². The summed E-state index contributed by atoms with van der Waals surface area (Å²) in [6, 6.07) is 11.4. The summed E-state index contributed by atoms with van der Waals surface area (Å²) in [5.74, 6) is -0.0697. The standard InChI is InChI=1S/C13H13ClN4S/c1-8-2-7-11(19-8)12(17-18-13(15)16)9-3-5-10(14)6-4-9/h2-7H,1H3,(H4,15,16,18)/b17-12+. The molecule has 0 saturated heterocycles. The number of guanidine groups is 1. The quantitative estimate of drug-likeness (QED) is 0.518. The maximum Gasteiger partial charge on any atom is 0.211 e. The number of rotatable bonds is 3. The first kappa shape index (κ1) is 13.6. The predicted octanol–water partition coefficient (Wildman–Crippen LogP) is 2.74. The number of aryl methyl sites for hydroxylation is 1. The van der Waals surface area contributed by atoms with E-state index in [1.54, 1.807) is 11.3 Å². The van der Waals surface area contributed by atoms with Crippen LogP contribution in [0.3, 0.4) is 0 Å². The summed E-state index contributed by atoms with van der Waals surface area (Å²) >= 11 is 7.52. The second-order valence-electron chi connectivity index (χ2n) is 3.89.